The van der Waals surface area contributed by atoms with Crippen LogP contribution in [-0.2, 0) is 10.0 Å². The summed E-state index contributed by atoms with van der Waals surface area (Å²) in [6.07, 6.45) is 0.784. The summed E-state index contributed by atoms with van der Waals surface area (Å²) in [4.78, 5) is 2.50. The van der Waals surface area contributed by atoms with Crippen LogP contribution >= 0.6 is 15.9 Å². The van der Waals surface area contributed by atoms with Crippen molar-refractivity contribution < 1.29 is 8.42 Å². The van der Waals surface area contributed by atoms with Gasteiger partial charge >= 0.3 is 0 Å². The number of halogens is 1. The van der Waals surface area contributed by atoms with Crippen LogP contribution in [0.1, 0.15) is 25.8 Å². The number of benzene rings is 1. The molecule has 0 atom stereocenters. The van der Waals surface area contributed by atoms with E-state index in [0.29, 0.717) is 22.3 Å². The van der Waals surface area contributed by atoms with Crippen LogP contribution in [0.5, 0.6) is 0 Å². The van der Waals surface area contributed by atoms with Crippen LogP contribution in [0.25, 0.3) is 0 Å². The number of hydrogen-bond donors (Lipinski definition) is 2. The highest BCUT2D eigenvalue weighted by atomic mass is 79.9. The summed E-state index contributed by atoms with van der Waals surface area (Å²) in [5.41, 5.74) is 6.86. The maximum atomic E-state index is 12.3. The zero-order valence-electron chi connectivity index (χ0n) is 12.8. The lowest BCUT2D eigenvalue weighted by atomic mass is 10.2. The molecule has 0 aromatic heterocycles. The van der Waals surface area contributed by atoms with Crippen LogP contribution in [-0.4, -0.2) is 39.5 Å². The predicted octanol–water partition coefficient (Wildman–Crippen LogP) is 2.35. The summed E-state index contributed by atoms with van der Waals surface area (Å²) in [5, 5.41) is 0. The van der Waals surface area contributed by atoms with Crippen molar-refractivity contribution in [2.45, 2.75) is 32.1 Å². The molecule has 0 saturated carbocycles. The molecule has 21 heavy (non-hydrogen) atoms. The lowest BCUT2D eigenvalue weighted by Crippen LogP contribution is -2.30. The summed E-state index contributed by atoms with van der Waals surface area (Å²) in [6, 6.07) is 3.21. The zero-order chi connectivity index (χ0) is 16.0. The number of nitrogens with two attached hydrogens (primary N) is 1. The van der Waals surface area contributed by atoms with Gasteiger partial charge in [-0.2, -0.15) is 0 Å². The highest BCUT2D eigenvalue weighted by Crippen LogP contribution is 2.26. The first-order valence-corrected chi connectivity index (χ1v) is 9.37. The standard InChI is InChI=1S/C14H24BrN3O2S/c1-4-18(5-2)8-6-7-17-21(19,20)14-10-13(16)12(15)9-11(14)3/h9-10,17H,4-8,16H2,1-3H3. The van der Waals surface area contributed by atoms with E-state index in [1.165, 1.54) is 6.07 Å². The zero-order valence-corrected chi connectivity index (χ0v) is 15.2. The number of rotatable bonds is 8. The number of nitrogens with zero attached hydrogens (tertiary/aromatic N) is 1. The molecule has 1 aromatic carbocycles. The smallest absolute Gasteiger partial charge is 0.240 e. The van der Waals surface area contributed by atoms with Crippen molar-refractivity contribution in [2.24, 2.45) is 0 Å². The van der Waals surface area contributed by atoms with E-state index in [0.717, 1.165) is 26.1 Å². The minimum Gasteiger partial charge on any atom is -0.398 e. The van der Waals surface area contributed by atoms with Crippen molar-refractivity contribution in [1.82, 2.24) is 9.62 Å². The number of hydrogen-bond acceptors (Lipinski definition) is 4. The molecule has 0 aliphatic heterocycles. The van der Waals surface area contributed by atoms with Crippen LogP contribution in [0.3, 0.4) is 0 Å². The molecule has 0 bridgehead atoms. The van der Waals surface area contributed by atoms with Gasteiger partial charge in [-0.15, -0.1) is 0 Å². The third-order valence-electron chi connectivity index (χ3n) is 3.42. The quantitative estimate of drug-likeness (QED) is 0.538. The maximum absolute atomic E-state index is 12.3. The Morgan fingerprint density at radius 2 is 1.90 bits per heavy atom. The second-order valence-corrected chi connectivity index (χ2v) is 7.51. The van der Waals surface area contributed by atoms with E-state index >= 15 is 0 Å². The van der Waals surface area contributed by atoms with Gasteiger partial charge in [0.15, 0.2) is 0 Å². The fourth-order valence-electron chi connectivity index (χ4n) is 2.08. The van der Waals surface area contributed by atoms with Gasteiger partial charge in [0.05, 0.1) is 4.90 Å². The van der Waals surface area contributed by atoms with Gasteiger partial charge in [0.25, 0.3) is 0 Å². The first kappa shape index (κ1) is 18.4. The fraction of sp³-hybridized carbons (Fsp3) is 0.571. The summed E-state index contributed by atoms with van der Waals surface area (Å²) in [6.45, 7) is 9.22. The highest BCUT2D eigenvalue weighted by molar-refractivity contribution is 9.10. The molecule has 1 rings (SSSR count). The molecule has 0 fully saturated rings. The molecule has 1 aromatic rings. The van der Waals surface area contributed by atoms with Gasteiger partial charge in [-0.25, -0.2) is 13.1 Å². The normalized spacial score (nSPS) is 12.0. The van der Waals surface area contributed by atoms with E-state index in [-0.39, 0.29) is 4.90 Å². The molecule has 0 spiro atoms. The Hall–Kier alpha value is -0.630. The number of nitrogens with one attached hydrogen (secondary N) is 1. The molecule has 0 saturated heterocycles. The molecule has 0 heterocycles. The van der Waals surface area contributed by atoms with Crippen LogP contribution in [0.4, 0.5) is 5.69 Å². The molecule has 7 heteroatoms. The number of anilines is 1. The van der Waals surface area contributed by atoms with Gasteiger partial charge in [-0.05, 0) is 66.6 Å². The average Bonchev–Trinajstić information content (AvgIpc) is 2.43. The Labute approximate surface area is 136 Å². The molecule has 120 valence electrons. The minimum absolute atomic E-state index is 0.242. The van der Waals surface area contributed by atoms with Crippen molar-refractivity contribution in [2.75, 3.05) is 31.9 Å². The average molecular weight is 378 g/mol. The Morgan fingerprint density at radius 3 is 2.48 bits per heavy atom. The van der Waals surface area contributed by atoms with Crippen molar-refractivity contribution in [3.63, 3.8) is 0 Å². The van der Waals surface area contributed by atoms with Gasteiger partial charge in [0, 0.05) is 16.7 Å². The Balaban J connectivity index is 2.68. The molecule has 0 aliphatic carbocycles. The van der Waals surface area contributed by atoms with E-state index in [1.807, 2.05) is 0 Å². The molecule has 0 aliphatic rings. The highest BCUT2D eigenvalue weighted by Gasteiger charge is 2.17. The van der Waals surface area contributed by atoms with E-state index in [4.69, 9.17) is 5.73 Å². The maximum Gasteiger partial charge on any atom is 0.240 e. The van der Waals surface area contributed by atoms with Crippen LogP contribution in [0, 0.1) is 6.92 Å². The van der Waals surface area contributed by atoms with Crippen molar-refractivity contribution >= 4 is 31.6 Å². The van der Waals surface area contributed by atoms with E-state index in [9.17, 15) is 8.42 Å². The van der Waals surface area contributed by atoms with Crippen LogP contribution in [0.2, 0.25) is 0 Å². The van der Waals surface area contributed by atoms with Crippen molar-refractivity contribution in [3.8, 4) is 0 Å². The predicted molar refractivity (Wildman–Crippen MR) is 90.9 cm³/mol. The van der Waals surface area contributed by atoms with E-state index in [1.54, 1.807) is 13.0 Å². The molecule has 3 N–H and O–H groups in total. The third kappa shape index (κ3) is 5.25. The molecule has 5 nitrogen and oxygen atoms in total. The largest absolute Gasteiger partial charge is 0.398 e. The summed E-state index contributed by atoms with van der Waals surface area (Å²) < 4.78 is 28.0. The van der Waals surface area contributed by atoms with Crippen molar-refractivity contribution in [3.05, 3.63) is 22.2 Å². The van der Waals surface area contributed by atoms with E-state index in [2.05, 4.69) is 39.4 Å². The molecule has 0 amide bonds. The number of aryl methyl sites for hydroxylation is 1. The molecular formula is C14H24BrN3O2S. The lowest BCUT2D eigenvalue weighted by Gasteiger charge is -2.18. The Morgan fingerprint density at radius 1 is 1.29 bits per heavy atom. The van der Waals surface area contributed by atoms with Gasteiger partial charge in [0.1, 0.15) is 0 Å². The second-order valence-electron chi connectivity index (χ2n) is 4.92. The van der Waals surface area contributed by atoms with Gasteiger partial charge in [0.2, 0.25) is 10.0 Å². The first-order valence-electron chi connectivity index (χ1n) is 7.09. The lowest BCUT2D eigenvalue weighted by molar-refractivity contribution is 0.300. The topological polar surface area (TPSA) is 75.4 Å². The minimum atomic E-state index is -3.51. The first-order chi connectivity index (χ1) is 9.81. The monoisotopic (exact) mass is 377 g/mol. The van der Waals surface area contributed by atoms with Gasteiger partial charge in [-0.3, -0.25) is 0 Å². The Bertz CT molecular complexity index is 572. The third-order valence-corrected chi connectivity index (χ3v) is 5.71. The van der Waals surface area contributed by atoms with Crippen molar-refractivity contribution in [1.29, 1.82) is 0 Å². The van der Waals surface area contributed by atoms with Gasteiger partial charge in [-0.1, -0.05) is 13.8 Å². The molecular weight excluding hydrogens is 354 g/mol. The molecule has 0 radical (unpaired) electrons. The van der Waals surface area contributed by atoms with E-state index < -0.39 is 10.0 Å². The fourth-order valence-corrected chi connectivity index (χ4v) is 3.88. The summed E-state index contributed by atoms with van der Waals surface area (Å²) >= 11 is 3.30. The molecule has 0 unspecified atom stereocenters. The van der Waals surface area contributed by atoms with Gasteiger partial charge < -0.3 is 10.6 Å². The summed E-state index contributed by atoms with van der Waals surface area (Å²) in [5.74, 6) is 0. The van der Waals surface area contributed by atoms with Crippen LogP contribution < -0.4 is 10.5 Å². The number of nitrogen functional groups attached to an aromatic ring is 1. The summed E-state index contributed by atoms with van der Waals surface area (Å²) in [7, 11) is -3.51. The SMILES string of the molecule is CCN(CC)CCCNS(=O)(=O)c1cc(N)c(Br)cc1C. The van der Waals surface area contributed by atoms with Crippen LogP contribution in [0.15, 0.2) is 21.5 Å². The second kappa shape index (κ2) is 8.12. The Kier molecular flexibility index (Phi) is 7.12. The number of sulfonamides is 1.